The molecule has 0 amide bonds. The van der Waals surface area contributed by atoms with Crippen LogP contribution in [0.1, 0.15) is 51.4 Å². The number of hydrogen-bond acceptors (Lipinski definition) is 6. The van der Waals surface area contributed by atoms with Crippen LogP contribution in [0.15, 0.2) is 24.3 Å². The smallest absolute Gasteiger partial charge is 0.320 e. The van der Waals surface area contributed by atoms with E-state index in [0.29, 0.717) is 0 Å². The molecule has 0 saturated carbocycles. The average Bonchev–Trinajstić information content (AvgIpc) is 2.45. The first-order valence-corrected chi connectivity index (χ1v) is 7.39. The molecule has 1 atom stereocenters. The number of nitro groups is 1. The number of carbonyl (C=O) groups is 3. The third-order valence-corrected chi connectivity index (χ3v) is 3.54. The van der Waals surface area contributed by atoms with E-state index in [1.807, 2.05) is 0 Å². The van der Waals surface area contributed by atoms with E-state index in [1.54, 1.807) is 20.8 Å². The Morgan fingerprint density at radius 3 is 1.96 bits per heavy atom. The Hall–Kier alpha value is -2.57. The largest absolute Gasteiger partial charge is 0.459 e. The van der Waals surface area contributed by atoms with Crippen molar-refractivity contribution in [3.05, 3.63) is 39.9 Å². The van der Waals surface area contributed by atoms with Crippen molar-refractivity contribution in [1.82, 2.24) is 0 Å². The molecule has 7 heteroatoms. The van der Waals surface area contributed by atoms with Crippen molar-refractivity contribution in [2.75, 3.05) is 0 Å². The summed E-state index contributed by atoms with van der Waals surface area (Å²) in [6.45, 7) is 7.61. The summed E-state index contributed by atoms with van der Waals surface area (Å²) in [6, 6.07) is 5.00. The molecule has 1 unspecified atom stereocenters. The minimum absolute atomic E-state index is 0.145. The second-order valence-corrected chi connectivity index (χ2v) is 6.79. The fraction of sp³-hybridized carbons (Fsp3) is 0.471. The van der Waals surface area contributed by atoms with Crippen molar-refractivity contribution in [3.63, 3.8) is 0 Å². The molecule has 1 aromatic rings. The standard InChI is InChI=1S/C17H21NO6/c1-11(19)17(5,15(21)24-16(2,3)4)10-14(20)12-6-8-13(9-7-12)18(22)23/h6-9H,10H2,1-5H3. The van der Waals surface area contributed by atoms with E-state index in [4.69, 9.17) is 4.74 Å². The maximum Gasteiger partial charge on any atom is 0.320 e. The van der Waals surface area contributed by atoms with E-state index in [9.17, 15) is 24.5 Å². The van der Waals surface area contributed by atoms with Crippen LogP contribution in [0, 0.1) is 15.5 Å². The van der Waals surface area contributed by atoms with E-state index in [1.165, 1.54) is 38.1 Å². The molecule has 0 N–H and O–H groups in total. The molecule has 1 aromatic carbocycles. The fourth-order valence-corrected chi connectivity index (χ4v) is 1.92. The first-order chi connectivity index (χ1) is 10.9. The van der Waals surface area contributed by atoms with Gasteiger partial charge in [-0.3, -0.25) is 24.5 Å². The van der Waals surface area contributed by atoms with Gasteiger partial charge in [-0.15, -0.1) is 0 Å². The molecule has 1 rings (SSSR count). The zero-order valence-corrected chi connectivity index (χ0v) is 14.4. The highest BCUT2D eigenvalue weighted by Crippen LogP contribution is 2.29. The molecular formula is C17H21NO6. The molecular weight excluding hydrogens is 314 g/mol. The quantitative estimate of drug-likeness (QED) is 0.260. The number of nitro benzene ring substituents is 1. The third-order valence-electron chi connectivity index (χ3n) is 3.54. The van der Waals surface area contributed by atoms with Crippen LogP contribution in [0.25, 0.3) is 0 Å². The highest BCUT2D eigenvalue weighted by Gasteiger charge is 2.43. The average molecular weight is 335 g/mol. The normalized spacial score (nSPS) is 13.7. The lowest BCUT2D eigenvalue weighted by Gasteiger charge is -2.29. The summed E-state index contributed by atoms with van der Waals surface area (Å²) in [5.74, 6) is -1.71. The number of hydrogen-bond donors (Lipinski definition) is 0. The molecule has 0 bridgehead atoms. The van der Waals surface area contributed by atoms with Gasteiger partial charge >= 0.3 is 5.97 Å². The SMILES string of the molecule is CC(=O)C(C)(CC(=O)c1ccc([N+](=O)[O-])cc1)C(=O)OC(C)(C)C. The number of rotatable bonds is 6. The van der Waals surface area contributed by atoms with Crippen molar-refractivity contribution in [3.8, 4) is 0 Å². The van der Waals surface area contributed by atoms with Crippen LogP contribution in [0.2, 0.25) is 0 Å². The molecule has 0 aromatic heterocycles. The molecule has 24 heavy (non-hydrogen) atoms. The van der Waals surface area contributed by atoms with Gasteiger partial charge in [0.25, 0.3) is 5.69 Å². The number of nitrogens with zero attached hydrogens (tertiary/aromatic N) is 1. The maximum atomic E-state index is 12.4. The second-order valence-electron chi connectivity index (χ2n) is 6.79. The van der Waals surface area contributed by atoms with Gasteiger partial charge in [-0.25, -0.2) is 0 Å². The second kappa shape index (κ2) is 6.90. The number of non-ortho nitro benzene ring substituents is 1. The molecule has 130 valence electrons. The van der Waals surface area contributed by atoms with Gasteiger partial charge in [0.2, 0.25) is 0 Å². The van der Waals surface area contributed by atoms with E-state index < -0.39 is 33.5 Å². The van der Waals surface area contributed by atoms with E-state index in [-0.39, 0.29) is 17.7 Å². The highest BCUT2D eigenvalue weighted by atomic mass is 16.6. The summed E-state index contributed by atoms with van der Waals surface area (Å²) in [5.41, 5.74) is -2.35. The summed E-state index contributed by atoms with van der Waals surface area (Å²) in [7, 11) is 0. The zero-order chi connectivity index (χ0) is 18.7. The number of ketones is 2. The van der Waals surface area contributed by atoms with Gasteiger partial charge in [-0.2, -0.15) is 0 Å². The zero-order valence-electron chi connectivity index (χ0n) is 14.4. The lowest BCUT2D eigenvalue weighted by atomic mass is 9.80. The number of carbonyl (C=O) groups excluding carboxylic acids is 3. The molecule has 0 fully saturated rings. The fourth-order valence-electron chi connectivity index (χ4n) is 1.92. The maximum absolute atomic E-state index is 12.4. The minimum atomic E-state index is -1.61. The van der Waals surface area contributed by atoms with Gasteiger partial charge < -0.3 is 4.74 Å². The van der Waals surface area contributed by atoms with Crippen molar-refractivity contribution in [2.45, 2.75) is 46.6 Å². The Kier molecular flexibility index (Phi) is 5.60. The molecule has 0 spiro atoms. The lowest BCUT2D eigenvalue weighted by Crippen LogP contribution is -2.42. The Balaban J connectivity index is 3.03. The van der Waals surface area contributed by atoms with Gasteiger partial charge in [0.1, 0.15) is 16.8 Å². The molecule has 0 heterocycles. The predicted octanol–water partition coefficient (Wildman–Crippen LogP) is 3.10. The van der Waals surface area contributed by atoms with Crippen LogP contribution in [0.5, 0.6) is 0 Å². The predicted molar refractivity (Wildman–Crippen MR) is 86.7 cm³/mol. The van der Waals surface area contributed by atoms with Gasteiger partial charge in [0.15, 0.2) is 5.78 Å². The van der Waals surface area contributed by atoms with E-state index in [2.05, 4.69) is 0 Å². The Morgan fingerprint density at radius 1 is 1.08 bits per heavy atom. The van der Waals surface area contributed by atoms with Crippen LogP contribution < -0.4 is 0 Å². The number of esters is 1. The molecule has 0 saturated heterocycles. The topological polar surface area (TPSA) is 104 Å². The van der Waals surface area contributed by atoms with Crippen LogP contribution in [-0.2, 0) is 14.3 Å². The monoisotopic (exact) mass is 335 g/mol. The van der Waals surface area contributed by atoms with Gasteiger partial charge in [-0.05, 0) is 46.8 Å². The Bertz CT molecular complexity index is 671. The molecule has 7 nitrogen and oxygen atoms in total. The van der Waals surface area contributed by atoms with Gasteiger partial charge in [-0.1, -0.05) is 0 Å². The van der Waals surface area contributed by atoms with Crippen LogP contribution in [-0.4, -0.2) is 28.1 Å². The summed E-state index contributed by atoms with van der Waals surface area (Å²) in [5, 5.41) is 10.6. The van der Waals surface area contributed by atoms with Crippen molar-refractivity contribution >= 4 is 23.2 Å². The number of Topliss-reactive ketones (excluding diaryl/α,β-unsaturated/α-hetero) is 2. The molecule has 0 aliphatic carbocycles. The van der Waals surface area contributed by atoms with Gasteiger partial charge in [0, 0.05) is 24.1 Å². The van der Waals surface area contributed by atoms with E-state index >= 15 is 0 Å². The van der Waals surface area contributed by atoms with Crippen molar-refractivity contribution in [1.29, 1.82) is 0 Å². The lowest BCUT2D eigenvalue weighted by molar-refractivity contribution is -0.384. The van der Waals surface area contributed by atoms with Crippen LogP contribution in [0.4, 0.5) is 5.69 Å². The van der Waals surface area contributed by atoms with Gasteiger partial charge in [0.05, 0.1) is 4.92 Å². The number of ether oxygens (including phenoxy) is 1. The highest BCUT2D eigenvalue weighted by molar-refractivity contribution is 6.08. The third kappa shape index (κ3) is 4.71. The van der Waals surface area contributed by atoms with Crippen LogP contribution >= 0.6 is 0 Å². The molecule has 0 radical (unpaired) electrons. The Morgan fingerprint density at radius 2 is 1.58 bits per heavy atom. The summed E-state index contributed by atoms with van der Waals surface area (Å²) < 4.78 is 5.25. The Labute approximate surface area is 140 Å². The minimum Gasteiger partial charge on any atom is -0.459 e. The van der Waals surface area contributed by atoms with Crippen molar-refractivity contribution < 1.29 is 24.0 Å². The van der Waals surface area contributed by atoms with E-state index in [0.717, 1.165) is 0 Å². The number of benzene rings is 1. The first kappa shape index (κ1) is 19.5. The summed E-state index contributed by atoms with van der Waals surface area (Å²) in [4.78, 5) is 46.8. The summed E-state index contributed by atoms with van der Waals surface area (Å²) >= 11 is 0. The molecule has 0 aliphatic heterocycles. The molecule has 0 aliphatic rings. The van der Waals surface area contributed by atoms with Crippen LogP contribution in [0.3, 0.4) is 0 Å². The van der Waals surface area contributed by atoms with Crippen molar-refractivity contribution in [2.24, 2.45) is 5.41 Å². The first-order valence-electron chi connectivity index (χ1n) is 7.39. The summed E-state index contributed by atoms with van der Waals surface area (Å²) in [6.07, 6.45) is -0.366.